The maximum atomic E-state index is 6.24. The van der Waals surface area contributed by atoms with Gasteiger partial charge in [0.1, 0.15) is 0 Å². The minimum atomic E-state index is 0.710. The number of fused-ring (bicyclic) bond motifs is 2. The summed E-state index contributed by atoms with van der Waals surface area (Å²) in [5.41, 5.74) is 6.70. The van der Waals surface area contributed by atoms with E-state index in [4.69, 9.17) is 21.6 Å². The summed E-state index contributed by atoms with van der Waals surface area (Å²) in [5.74, 6) is 0. The molecule has 1 saturated heterocycles. The predicted molar refractivity (Wildman–Crippen MR) is 164 cm³/mol. The first kappa shape index (κ1) is 26.4. The van der Waals surface area contributed by atoms with Gasteiger partial charge in [0.25, 0.3) is 0 Å². The smallest absolute Gasteiger partial charge is 0.0900 e. The number of nitrogens with one attached hydrogen (secondary N) is 1. The van der Waals surface area contributed by atoms with Crippen molar-refractivity contribution < 1.29 is 0 Å². The van der Waals surface area contributed by atoms with Crippen LogP contribution in [0.5, 0.6) is 0 Å². The van der Waals surface area contributed by atoms with Crippen LogP contribution in [0.3, 0.4) is 0 Å². The van der Waals surface area contributed by atoms with E-state index >= 15 is 0 Å². The van der Waals surface area contributed by atoms with Crippen molar-refractivity contribution in [3.8, 4) is 17.1 Å². The van der Waals surface area contributed by atoms with Gasteiger partial charge in [-0.3, -0.25) is 9.98 Å². The Morgan fingerprint density at radius 3 is 2.55 bits per heavy atom. The second-order valence-corrected chi connectivity index (χ2v) is 10.8. The van der Waals surface area contributed by atoms with Gasteiger partial charge in [-0.25, -0.2) is 4.98 Å². The molecule has 6 rings (SSSR count). The highest BCUT2D eigenvalue weighted by Gasteiger charge is 2.17. The van der Waals surface area contributed by atoms with E-state index in [1.54, 1.807) is 6.20 Å². The SMILES string of the molecule is CN1CCN(CCCCN=c2cc3n(-c4ccc(Cl)cc4)c4ccccc4nc-3cc2Nc2cccnc2)CC1. The number of halogens is 1. The number of rotatable bonds is 8. The average molecular weight is 552 g/mol. The Balaban J connectivity index is 1.38. The van der Waals surface area contributed by atoms with Crippen molar-refractivity contribution in [3.05, 3.63) is 95.6 Å². The van der Waals surface area contributed by atoms with Gasteiger partial charge in [0.05, 0.1) is 45.4 Å². The summed E-state index contributed by atoms with van der Waals surface area (Å²) in [6.07, 6.45) is 5.79. The van der Waals surface area contributed by atoms with Gasteiger partial charge in [0.15, 0.2) is 0 Å². The van der Waals surface area contributed by atoms with Crippen molar-refractivity contribution in [1.29, 1.82) is 0 Å². The summed E-state index contributed by atoms with van der Waals surface area (Å²) in [7, 11) is 2.20. The Bertz CT molecular complexity index is 1610. The molecule has 1 aliphatic carbocycles. The maximum absolute atomic E-state index is 6.24. The zero-order chi connectivity index (χ0) is 27.3. The van der Waals surface area contributed by atoms with Gasteiger partial charge >= 0.3 is 0 Å². The van der Waals surface area contributed by atoms with Gasteiger partial charge < -0.3 is 19.7 Å². The van der Waals surface area contributed by atoms with Crippen LogP contribution in [0.25, 0.3) is 28.1 Å². The molecule has 204 valence electrons. The van der Waals surface area contributed by atoms with Crippen LogP contribution in [0.4, 0.5) is 11.4 Å². The van der Waals surface area contributed by atoms with Gasteiger partial charge in [-0.2, -0.15) is 0 Å². The third-order valence-corrected chi connectivity index (χ3v) is 7.74. The van der Waals surface area contributed by atoms with E-state index in [1.165, 1.54) is 0 Å². The lowest BCUT2D eigenvalue weighted by atomic mass is 10.1. The van der Waals surface area contributed by atoms with E-state index in [2.05, 4.69) is 49.9 Å². The summed E-state index contributed by atoms with van der Waals surface area (Å²) >= 11 is 6.24. The van der Waals surface area contributed by atoms with E-state index in [0.29, 0.717) is 5.02 Å². The summed E-state index contributed by atoms with van der Waals surface area (Å²) in [6, 6.07) is 24.4. The van der Waals surface area contributed by atoms with Crippen LogP contribution in [0, 0.1) is 0 Å². The molecule has 8 heteroatoms. The Morgan fingerprint density at radius 2 is 1.75 bits per heavy atom. The summed E-state index contributed by atoms with van der Waals surface area (Å²) < 4.78 is 2.24. The van der Waals surface area contributed by atoms with Crippen molar-refractivity contribution in [1.82, 2.24) is 24.3 Å². The number of likely N-dealkylation sites (N-methyl/N-ethyl adjacent to an activating group) is 1. The first-order chi connectivity index (χ1) is 19.6. The number of hydrogen-bond acceptors (Lipinski definition) is 6. The van der Waals surface area contributed by atoms with Crippen molar-refractivity contribution in [2.45, 2.75) is 12.8 Å². The molecule has 0 amide bonds. The Kier molecular flexibility index (Phi) is 8.04. The highest BCUT2D eigenvalue weighted by atomic mass is 35.5. The molecule has 0 radical (unpaired) electrons. The molecule has 1 aromatic heterocycles. The highest BCUT2D eigenvalue weighted by Crippen LogP contribution is 2.30. The van der Waals surface area contributed by atoms with Gasteiger partial charge in [0, 0.05) is 49.6 Å². The molecule has 0 unspecified atom stereocenters. The topological polar surface area (TPSA) is 61.6 Å². The van der Waals surface area contributed by atoms with Crippen LogP contribution < -0.4 is 10.7 Å². The lowest BCUT2D eigenvalue weighted by Gasteiger charge is -2.32. The lowest BCUT2D eigenvalue weighted by Crippen LogP contribution is -2.44. The number of nitrogens with zero attached hydrogens (tertiary/aromatic N) is 6. The number of pyridine rings is 1. The molecule has 2 aromatic carbocycles. The number of unbranched alkanes of at least 4 members (excludes halogenated alkanes) is 1. The molecule has 3 heterocycles. The first-order valence-electron chi connectivity index (χ1n) is 13.9. The van der Waals surface area contributed by atoms with Gasteiger partial charge in [-0.1, -0.05) is 23.7 Å². The van der Waals surface area contributed by atoms with Crippen molar-refractivity contribution in [3.63, 3.8) is 0 Å². The first-order valence-corrected chi connectivity index (χ1v) is 14.3. The van der Waals surface area contributed by atoms with E-state index in [-0.39, 0.29) is 0 Å². The zero-order valence-electron chi connectivity index (χ0n) is 22.8. The van der Waals surface area contributed by atoms with Crippen LogP contribution in [0.2, 0.25) is 5.02 Å². The van der Waals surface area contributed by atoms with E-state index < -0.39 is 0 Å². The second-order valence-electron chi connectivity index (χ2n) is 10.4. The Hall–Kier alpha value is -3.78. The maximum Gasteiger partial charge on any atom is 0.0900 e. The molecular weight excluding hydrogens is 518 g/mol. The van der Waals surface area contributed by atoms with Crippen molar-refractivity contribution in [2.24, 2.45) is 4.99 Å². The highest BCUT2D eigenvalue weighted by molar-refractivity contribution is 6.30. The minimum absolute atomic E-state index is 0.710. The van der Waals surface area contributed by atoms with Crippen LogP contribution in [0.15, 0.2) is 90.2 Å². The fraction of sp³-hybridized carbons (Fsp3) is 0.281. The number of aromatic nitrogens is 3. The molecule has 1 fully saturated rings. The van der Waals surface area contributed by atoms with E-state index in [0.717, 1.165) is 97.0 Å². The molecule has 7 nitrogen and oxygen atoms in total. The molecule has 3 aliphatic rings. The van der Waals surface area contributed by atoms with E-state index in [9.17, 15) is 0 Å². The predicted octanol–water partition coefficient (Wildman–Crippen LogP) is 5.85. The van der Waals surface area contributed by atoms with Crippen LogP contribution >= 0.6 is 11.6 Å². The number of anilines is 2. The van der Waals surface area contributed by atoms with Crippen LogP contribution in [-0.4, -0.2) is 70.7 Å². The normalized spacial score (nSPS) is 15.2. The molecule has 0 atom stereocenters. The third-order valence-electron chi connectivity index (χ3n) is 7.48. The number of para-hydroxylation sites is 2. The van der Waals surface area contributed by atoms with Gasteiger partial charge in [-0.05, 0) is 87.1 Å². The molecule has 3 aromatic rings. The standard InChI is InChI=1S/C32H34ClN7/c1-38-17-19-39(20-18-38)16-5-4-15-35-28-22-32-30(21-29(28)36-25-7-6-14-34-23-25)37-27-8-2-3-9-31(27)40(32)26-12-10-24(33)11-13-26/h2-3,6-14,21-23,36H,4-5,15-20H2,1H3. The number of piperazine rings is 1. The molecule has 1 N–H and O–H groups in total. The molecular formula is C32H34ClN7. The average Bonchev–Trinajstić information content (AvgIpc) is 2.98. The Labute approximate surface area is 240 Å². The van der Waals surface area contributed by atoms with Crippen molar-refractivity contribution in [2.75, 3.05) is 51.6 Å². The monoisotopic (exact) mass is 551 g/mol. The van der Waals surface area contributed by atoms with Gasteiger partial charge in [-0.15, -0.1) is 0 Å². The zero-order valence-corrected chi connectivity index (χ0v) is 23.6. The van der Waals surface area contributed by atoms with Crippen LogP contribution in [0.1, 0.15) is 12.8 Å². The summed E-state index contributed by atoms with van der Waals surface area (Å²) in [4.78, 5) is 19.4. The molecule has 0 spiro atoms. The Morgan fingerprint density at radius 1 is 0.925 bits per heavy atom. The minimum Gasteiger partial charge on any atom is -0.352 e. The second kappa shape index (κ2) is 12.2. The van der Waals surface area contributed by atoms with Crippen LogP contribution in [-0.2, 0) is 0 Å². The fourth-order valence-electron chi connectivity index (χ4n) is 5.25. The summed E-state index contributed by atoms with van der Waals surface area (Å²) in [5, 5.41) is 5.16. The number of benzene rings is 3. The number of hydrogen-bond donors (Lipinski definition) is 1. The molecule has 0 bridgehead atoms. The molecule has 0 saturated carbocycles. The van der Waals surface area contributed by atoms with Crippen molar-refractivity contribution >= 4 is 34.0 Å². The van der Waals surface area contributed by atoms with E-state index in [1.807, 2.05) is 60.8 Å². The largest absolute Gasteiger partial charge is 0.352 e. The molecule has 2 aliphatic heterocycles. The summed E-state index contributed by atoms with van der Waals surface area (Å²) in [6.45, 7) is 6.52. The fourth-order valence-corrected chi connectivity index (χ4v) is 5.38. The van der Waals surface area contributed by atoms with Gasteiger partial charge in [0.2, 0.25) is 0 Å². The molecule has 40 heavy (non-hydrogen) atoms. The quantitative estimate of drug-likeness (QED) is 0.194. The lowest BCUT2D eigenvalue weighted by molar-refractivity contribution is 0.152. The third kappa shape index (κ3) is 6.02.